The minimum Gasteiger partial charge on any atom is -0.497 e. The molecule has 1 aliphatic rings. The Kier molecular flexibility index (Phi) is 4.06. The van der Waals surface area contributed by atoms with E-state index in [4.69, 9.17) is 16.3 Å². The first-order valence-electron chi connectivity index (χ1n) is 6.03. The smallest absolute Gasteiger partial charge is 0.132 e. The van der Waals surface area contributed by atoms with Crippen LogP contribution in [0.25, 0.3) is 0 Å². The summed E-state index contributed by atoms with van der Waals surface area (Å²) in [5.74, 6) is 1.79. The molecule has 0 N–H and O–H groups in total. The summed E-state index contributed by atoms with van der Waals surface area (Å²) in [5, 5.41) is 0.765. The van der Waals surface area contributed by atoms with Crippen LogP contribution >= 0.6 is 11.6 Å². The van der Waals surface area contributed by atoms with Crippen molar-refractivity contribution in [2.75, 3.05) is 7.11 Å². The van der Waals surface area contributed by atoms with E-state index in [0.29, 0.717) is 11.7 Å². The van der Waals surface area contributed by atoms with Crippen molar-refractivity contribution in [2.24, 2.45) is 5.92 Å². The van der Waals surface area contributed by atoms with Crippen LogP contribution in [0.2, 0.25) is 5.02 Å². The van der Waals surface area contributed by atoms with Gasteiger partial charge < -0.3 is 4.74 Å². The predicted molar refractivity (Wildman–Crippen MR) is 68.7 cm³/mol. The van der Waals surface area contributed by atoms with Gasteiger partial charge in [0.05, 0.1) is 7.11 Å². The molecule has 0 atom stereocenters. The summed E-state index contributed by atoms with van der Waals surface area (Å²) in [6.07, 6.45) is 4.44. The fourth-order valence-corrected chi connectivity index (χ4v) is 2.58. The summed E-state index contributed by atoms with van der Waals surface area (Å²) < 4.78 is 5.12. The lowest BCUT2D eigenvalue weighted by Gasteiger charge is -2.21. The van der Waals surface area contributed by atoms with Gasteiger partial charge in [0.1, 0.15) is 11.5 Å². The number of hydrogen-bond donors (Lipinski definition) is 0. The second-order valence-corrected chi connectivity index (χ2v) is 5.05. The van der Waals surface area contributed by atoms with Gasteiger partial charge in [-0.2, -0.15) is 0 Å². The molecule has 0 spiro atoms. The molecule has 1 aromatic carbocycles. The van der Waals surface area contributed by atoms with Gasteiger partial charge >= 0.3 is 0 Å². The Morgan fingerprint density at radius 2 is 2.06 bits per heavy atom. The first-order valence-corrected chi connectivity index (χ1v) is 6.41. The molecule has 2 rings (SSSR count). The molecule has 0 amide bonds. The van der Waals surface area contributed by atoms with Crippen molar-refractivity contribution in [2.45, 2.75) is 32.1 Å². The Morgan fingerprint density at radius 3 is 2.65 bits per heavy atom. The third-order valence-corrected chi connectivity index (χ3v) is 3.78. The maximum Gasteiger partial charge on any atom is 0.132 e. The zero-order chi connectivity index (χ0) is 12.3. The summed E-state index contributed by atoms with van der Waals surface area (Å²) in [5.41, 5.74) is 1.16. The Labute approximate surface area is 107 Å². The van der Waals surface area contributed by atoms with Crippen molar-refractivity contribution in [3.63, 3.8) is 0 Å². The van der Waals surface area contributed by atoms with E-state index in [2.05, 4.69) is 0 Å². The Balaban J connectivity index is 2.01. The van der Waals surface area contributed by atoms with Gasteiger partial charge in [0.15, 0.2) is 0 Å². The predicted octanol–water partition coefficient (Wildman–Crippen LogP) is 3.65. The van der Waals surface area contributed by atoms with Crippen LogP contribution < -0.4 is 4.74 Å². The monoisotopic (exact) mass is 252 g/mol. The van der Waals surface area contributed by atoms with Crippen LogP contribution in [0.1, 0.15) is 31.2 Å². The van der Waals surface area contributed by atoms with Gasteiger partial charge in [-0.3, -0.25) is 4.79 Å². The third kappa shape index (κ3) is 3.22. The number of ether oxygens (including phenoxy) is 1. The number of carbonyl (C=O) groups excluding carboxylic acids is 1. The van der Waals surface area contributed by atoms with E-state index < -0.39 is 0 Å². The molecule has 0 aromatic heterocycles. The SMILES string of the molecule is COc1ccc(CC2CCC(=O)CC2)c(Cl)c1. The summed E-state index contributed by atoms with van der Waals surface area (Å²) >= 11 is 6.21. The average Bonchev–Trinajstić information content (AvgIpc) is 2.34. The standard InChI is InChI=1S/C14H17ClO2/c1-17-13-7-4-11(14(15)9-13)8-10-2-5-12(16)6-3-10/h4,7,9-10H,2-3,5-6,8H2,1H3. The molecule has 0 bridgehead atoms. The molecule has 0 heterocycles. The first-order chi connectivity index (χ1) is 8.19. The van der Waals surface area contributed by atoms with Crippen LogP contribution in [0.5, 0.6) is 5.75 Å². The summed E-state index contributed by atoms with van der Waals surface area (Å²) in [6, 6.07) is 5.82. The van der Waals surface area contributed by atoms with Gasteiger partial charge in [0.2, 0.25) is 0 Å². The highest BCUT2D eigenvalue weighted by molar-refractivity contribution is 6.31. The molecule has 1 aliphatic carbocycles. The summed E-state index contributed by atoms with van der Waals surface area (Å²) in [4.78, 5) is 11.2. The van der Waals surface area contributed by atoms with E-state index in [1.807, 2.05) is 18.2 Å². The second kappa shape index (κ2) is 5.54. The fourth-order valence-electron chi connectivity index (χ4n) is 2.34. The Hall–Kier alpha value is -1.02. The summed E-state index contributed by atoms with van der Waals surface area (Å²) in [7, 11) is 1.64. The van der Waals surface area contributed by atoms with Gasteiger partial charge in [0.25, 0.3) is 0 Å². The number of hydrogen-bond acceptors (Lipinski definition) is 2. The van der Waals surface area contributed by atoms with Gasteiger partial charge in [-0.25, -0.2) is 0 Å². The zero-order valence-corrected chi connectivity index (χ0v) is 10.8. The van der Waals surface area contributed by atoms with Gasteiger partial charge in [-0.15, -0.1) is 0 Å². The second-order valence-electron chi connectivity index (χ2n) is 4.64. The maximum atomic E-state index is 11.2. The highest BCUT2D eigenvalue weighted by atomic mass is 35.5. The maximum absolute atomic E-state index is 11.2. The number of benzene rings is 1. The van der Waals surface area contributed by atoms with Crippen molar-refractivity contribution in [1.29, 1.82) is 0 Å². The van der Waals surface area contributed by atoms with Crippen LogP contribution in [-0.2, 0) is 11.2 Å². The fraction of sp³-hybridized carbons (Fsp3) is 0.500. The Bertz CT molecular complexity index is 405. The van der Waals surface area contributed by atoms with Crippen molar-refractivity contribution in [1.82, 2.24) is 0 Å². The number of Topliss-reactive ketones (excluding diaryl/α,β-unsaturated/α-hetero) is 1. The van der Waals surface area contributed by atoms with Crippen molar-refractivity contribution in [3.8, 4) is 5.75 Å². The van der Waals surface area contributed by atoms with E-state index >= 15 is 0 Å². The van der Waals surface area contributed by atoms with Crippen LogP contribution in [-0.4, -0.2) is 12.9 Å². The van der Waals surface area contributed by atoms with Crippen LogP contribution in [0.3, 0.4) is 0 Å². The molecule has 17 heavy (non-hydrogen) atoms. The molecule has 2 nitrogen and oxygen atoms in total. The Morgan fingerprint density at radius 1 is 1.35 bits per heavy atom. The molecular weight excluding hydrogens is 236 g/mol. The van der Waals surface area contributed by atoms with Crippen molar-refractivity contribution >= 4 is 17.4 Å². The molecular formula is C14H17ClO2. The zero-order valence-electron chi connectivity index (χ0n) is 10.0. The molecule has 0 radical (unpaired) electrons. The van der Waals surface area contributed by atoms with Gasteiger partial charge in [-0.05, 0) is 42.9 Å². The molecule has 0 aliphatic heterocycles. The molecule has 1 saturated carbocycles. The van der Waals surface area contributed by atoms with E-state index in [1.165, 1.54) is 0 Å². The number of carbonyl (C=O) groups is 1. The van der Waals surface area contributed by atoms with E-state index in [9.17, 15) is 4.79 Å². The molecule has 0 unspecified atom stereocenters. The van der Waals surface area contributed by atoms with E-state index in [1.54, 1.807) is 7.11 Å². The third-order valence-electron chi connectivity index (χ3n) is 3.43. The topological polar surface area (TPSA) is 26.3 Å². The lowest BCUT2D eigenvalue weighted by atomic mass is 9.84. The van der Waals surface area contributed by atoms with Crippen molar-refractivity contribution in [3.05, 3.63) is 28.8 Å². The molecule has 3 heteroatoms. The number of methoxy groups -OCH3 is 1. The normalized spacial score (nSPS) is 17.2. The minimum atomic E-state index is 0.405. The quantitative estimate of drug-likeness (QED) is 0.821. The summed E-state index contributed by atoms with van der Waals surface area (Å²) in [6.45, 7) is 0. The minimum absolute atomic E-state index is 0.405. The van der Waals surface area contributed by atoms with Crippen molar-refractivity contribution < 1.29 is 9.53 Å². The molecule has 1 fully saturated rings. The van der Waals surface area contributed by atoms with Gasteiger partial charge in [0, 0.05) is 17.9 Å². The highest BCUT2D eigenvalue weighted by Gasteiger charge is 2.19. The average molecular weight is 253 g/mol. The number of rotatable bonds is 3. The van der Waals surface area contributed by atoms with Crippen LogP contribution in [0.15, 0.2) is 18.2 Å². The number of ketones is 1. The van der Waals surface area contributed by atoms with Gasteiger partial charge in [-0.1, -0.05) is 17.7 Å². The lowest BCUT2D eigenvalue weighted by Crippen LogP contribution is -2.15. The van der Waals surface area contributed by atoms with Crippen LogP contribution in [0, 0.1) is 5.92 Å². The van der Waals surface area contributed by atoms with E-state index in [-0.39, 0.29) is 0 Å². The van der Waals surface area contributed by atoms with E-state index in [0.717, 1.165) is 48.4 Å². The highest BCUT2D eigenvalue weighted by Crippen LogP contribution is 2.29. The first kappa shape index (κ1) is 12.4. The molecule has 0 saturated heterocycles. The molecule has 92 valence electrons. The molecule has 1 aromatic rings. The largest absolute Gasteiger partial charge is 0.497 e. The van der Waals surface area contributed by atoms with Crippen LogP contribution in [0.4, 0.5) is 0 Å². The lowest BCUT2D eigenvalue weighted by molar-refractivity contribution is -0.120. The number of halogens is 1.